The molecule has 36 heavy (non-hydrogen) atoms. The van der Waals surface area contributed by atoms with Crippen LogP contribution in [-0.2, 0) is 22.6 Å². The molecule has 2 aromatic carbocycles. The van der Waals surface area contributed by atoms with Gasteiger partial charge < -0.3 is 21.5 Å². The quantitative estimate of drug-likeness (QED) is 0.0956. The third kappa shape index (κ3) is 10.4. The molecular weight excluding hydrogens is 464 g/mol. The number of carbonyl (C=O) groups is 2. The molecule has 0 spiro atoms. The Hall–Kier alpha value is -4.15. The lowest BCUT2D eigenvalue weighted by molar-refractivity contribution is -0.525. The van der Waals surface area contributed by atoms with Crippen LogP contribution in [0, 0.1) is 10.1 Å². The largest absolute Gasteiger partial charge is 0.508 e. The minimum Gasteiger partial charge on any atom is -0.508 e. The zero-order valence-corrected chi connectivity index (χ0v) is 20.2. The van der Waals surface area contributed by atoms with Crippen molar-refractivity contribution in [3.63, 3.8) is 0 Å². The Morgan fingerprint density at radius 2 is 1.69 bits per heavy atom. The second-order valence-electron chi connectivity index (χ2n) is 8.43. The van der Waals surface area contributed by atoms with Crippen molar-refractivity contribution < 1.29 is 19.7 Å². The van der Waals surface area contributed by atoms with E-state index >= 15 is 0 Å². The molecule has 0 bridgehead atoms. The van der Waals surface area contributed by atoms with Gasteiger partial charge in [0.1, 0.15) is 11.8 Å². The Kier molecular flexibility index (Phi) is 11.7. The predicted molar refractivity (Wildman–Crippen MR) is 136 cm³/mol. The number of nitrogens with zero attached hydrogens (tertiary/aromatic N) is 3. The molecule has 0 saturated heterocycles. The van der Waals surface area contributed by atoms with Crippen LogP contribution in [0.15, 0.2) is 59.6 Å². The Labute approximate surface area is 210 Å². The van der Waals surface area contributed by atoms with Crippen molar-refractivity contribution in [2.75, 3.05) is 6.54 Å². The summed E-state index contributed by atoms with van der Waals surface area (Å²) in [4.78, 5) is 41.2. The van der Waals surface area contributed by atoms with Gasteiger partial charge in [0.05, 0.1) is 0 Å². The highest BCUT2D eigenvalue weighted by Gasteiger charge is 2.27. The molecule has 0 aliphatic rings. The molecule has 0 aliphatic heterocycles. The van der Waals surface area contributed by atoms with Crippen LogP contribution in [0.2, 0.25) is 0 Å². The van der Waals surface area contributed by atoms with Crippen molar-refractivity contribution in [2.24, 2.45) is 16.5 Å². The fraction of sp³-hybridized carbons (Fsp3) is 0.400. The molecule has 0 unspecified atom stereocenters. The van der Waals surface area contributed by atoms with E-state index in [9.17, 15) is 24.8 Å². The summed E-state index contributed by atoms with van der Waals surface area (Å²) in [6.07, 6.45) is 4.27. The number of hydrogen-bond acceptors (Lipinski definition) is 6. The maximum Gasteiger partial charge on any atom is 0.251 e. The van der Waals surface area contributed by atoms with Crippen LogP contribution in [0.1, 0.15) is 49.7 Å². The molecule has 0 heterocycles. The second-order valence-corrected chi connectivity index (χ2v) is 8.43. The van der Waals surface area contributed by atoms with Crippen LogP contribution in [0.25, 0.3) is 0 Å². The molecule has 1 atom stereocenters. The van der Waals surface area contributed by atoms with Crippen LogP contribution in [-0.4, -0.2) is 45.4 Å². The highest BCUT2D eigenvalue weighted by Crippen LogP contribution is 2.18. The summed E-state index contributed by atoms with van der Waals surface area (Å²) in [5.41, 5.74) is 14.8. The first-order valence-electron chi connectivity index (χ1n) is 11.9. The Morgan fingerprint density at radius 3 is 2.33 bits per heavy atom. The van der Waals surface area contributed by atoms with Crippen LogP contribution in [0.3, 0.4) is 0 Å². The maximum atomic E-state index is 13.2. The summed E-state index contributed by atoms with van der Waals surface area (Å²) < 4.78 is 0. The van der Waals surface area contributed by atoms with E-state index in [1.165, 1.54) is 22.6 Å². The predicted octanol–water partition coefficient (Wildman–Crippen LogP) is 2.25. The summed E-state index contributed by atoms with van der Waals surface area (Å²) in [6, 6.07) is 15.6. The van der Waals surface area contributed by atoms with Crippen molar-refractivity contribution in [3.8, 4) is 5.75 Å². The monoisotopic (exact) mass is 498 g/mol. The minimum atomic E-state index is -0.879. The van der Waals surface area contributed by atoms with E-state index in [0.717, 1.165) is 24.8 Å². The van der Waals surface area contributed by atoms with Crippen molar-refractivity contribution in [3.05, 3.63) is 75.8 Å². The molecule has 11 heteroatoms. The van der Waals surface area contributed by atoms with Gasteiger partial charge in [0, 0.05) is 19.5 Å². The number of nitrogens with one attached hydrogen (secondary N) is 1. The lowest BCUT2D eigenvalue weighted by Crippen LogP contribution is -2.47. The van der Waals surface area contributed by atoms with Gasteiger partial charge in [-0.15, -0.1) is 0 Å². The molecule has 0 aromatic heterocycles. The van der Waals surface area contributed by atoms with Crippen molar-refractivity contribution in [1.82, 2.24) is 10.3 Å². The topological polar surface area (TPSA) is 177 Å². The summed E-state index contributed by atoms with van der Waals surface area (Å²) in [7, 11) is 0. The first-order chi connectivity index (χ1) is 17.3. The maximum absolute atomic E-state index is 13.2. The zero-order chi connectivity index (χ0) is 26.3. The number of aryl methyl sites for hydroxylation is 1. The van der Waals surface area contributed by atoms with Gasteiger partial charge in [-0.3, -0.25) is 9.59 Å². The average molecular weight is 499 g/mol. The number of hydrogen-bond donors (Lipinski definition) is 4. The zero-order valence-electron chi connectivity index (χ0n) is 20.2. The van der Waals surface area contributed by atoms with Gasteiger partial charge in [0.2, 0.25) is 11.8 Å². The number of phenolic OH excluding ortho intramolecular Hbond substituents is 1. The summed E-state index contributed by atoms with van der Waals surface area (Å²) in [5, 5.41) is 19.2. The Balaban J connectivity index is 2.00. The molecular formula is C25H34N6O5. The highest BCUT2D eigenvalue weighted by molar-refractivity contribution is 5.86. The van der Waals surface area contributed by atoms with E-state index in [1.54, 1.807) is 17.6 Å². The number of rotatable bonds is 15. The molecule has 0 radical (unpaired) electrons. The van der Waals surface area contributed by atoms with Crippen molar-refractivity contribution in [1.29, 1.82) is 0 Å². The summed E-state index contributed by atoms with van der Waals surface area (Å²) in [5.74, 6) is -1.08. The normalized spacial score (nSPS) is 12.1. The molecule has 2 rings (SSSR count). The fourth-order valence-electron chi connectivity index (χ4n) is 3.81. The van der Waals surface area contributed by atoms with Gasteiger partial charge in [-0.05, 0) is 55.4 Å². The molecule has 2 amide bonds. The van der Waals surface area contributed by atoms with E-state index in [2.05, 4.69) is 17.1 Å². The Morgan fingerprint density at radius 1 is 1.00 bits per heavy atom. The van der Waals surface area contributed by atoms with E-state index in [4.69, 9.17) is 11.5 Å². The molecule has 11 nitrogen and oxygen atoms in total. The lowest BCUT2D eigenvalue weighted by Gasteiger charge is -2.30. The number of aromatic hydroxyl groups is 1. The van der Waals surface area contributed by atoms with E-state index < -0.39 is 17.0 Å². The number of benzene rings is 2. The standard InChI is InChI=1S/C25H34N6O5/c26-24(34)22(11-7-17-28-25(27)29-31(35)36)30(18-20-13-15-21(32)16-14-20)23(33)12-6-2-5-10-19-8-3-1-4-9-19/h1,3-4,8-9,13-16,22,32H,2,5-7,10-12,17-18H2,(H2,26,34)(H3,27,28,29)/t22-/m1/s1. The first-order valence-corrected chi connectivity index (χ1v) is 11.9. The molecule has 194 valence electrons. The number of carbonyl (C=O) groups excluding carboxylic acids is 2. The van der Waals surface area contributed by atoms with E-state index in [1.807, 2.05) is 18.2 Å². The smallest absolute Gasteiger partial charge is 0.251 e. The average Bonchev–Trinajstić information content (AvgIpc) is 2.84. The van der Waals surface area contributed by atoms with Gasteiger partial charge in [0.25, 0.3) is 5.96 Å². The molecule has 0 saturated carbocycles. The third-order valence-corrected chi connectivity index (χ3v) is 5.64. The molecule has 0 fully saturated rings. The highest BCUT2D eigenvalue weighted by atomic mass is 16.7. The molecule has 6 N–H and O–H groups in total. The number of phenols is 1. The fourth-order valence-corrected chi connectivity index (χ4v) is 3.81. The number of guanidine groups is 1. The van der Waals surface area contributed by atoms with Gasteiger partial charge in [-0.2, -0.15) is 0 Å². The Bertz CT molecular complexity index is 1010. The second kappa shape index (κ2) is 15.0. The number of nitrogens with two attached hydrogens (primary N) is 2. The first kappa shape index (κ1) is 28.1. The minimum absolute atomic E-state index is 0.0975. The molecule has 2 aromatic rings. The summed E-state index contributed by atoms with van der Waals surface area (Å²) >= 11 is 0. The van der Waals surface area contributed by atoms with Gasteiger partial charge in [-0.25, -0.2) is 15.1 Å². The lowest BCUT2D eigenvalue weighted by atomic mass is 10.0. The van der Waals surface area contributed by atoms with Crippen LogP contribution >= 0.6 is 0 Å². The van der Waals surface area contributed by atoms with Gasteiger partial charge >= 0.3 is 0 Å². The molecule has 0 aliphatic carbocycles. The number of nitro groups is 1. The van der Waals surface area contributed by atoms with Crippen LogP contribution in [0.5, 0.6) is 5.75 Å². The number of hydrazine groups is 1. The third-order valence-electron chi connectivity index (χ3n) is 5.64. The number of amides is 2. The van der Waals surface area contributed by atoms with Crippen LogP contribution < -0.4 is 16.9 Å². The van der Waals surface area contributed by atoms with E-state index in [0.29, 0.717) is 12.8 Å². The number of aliphatic imine (C=N–C) groups is 1. The number of unbranched alkanes of at least 4 members (excludes halogenated alkanes) is 2. The number of primary amides is 1. The van der Waals surface area contributed by atoms with Gasteiger partial charge in [0.15, 0.2) is 5.03 Å². The van der Waals surface area contributed by atoms with Gasteiger partial charge in [-0.1, -0.05) is 54.3 Å². The van der Waals surface area contributed by atoms with Crippen molar-refractivity contribution >= 4 is 17.8 Å². The van der Waals surface area contributed by atoms with Crippen LogP contribution in [0.4, 0.5) is 0 Å². The SMILES string of the molecule is NC(=O)[C@@H](CCCN=C(N)N[N+](=O)[O-])N(Cc1ccc(O)cc1)C(=O)CCCCCc1ccccc1. The van der Waals surface area contributed by atoms with Crippen molar-refractivity contribution in [2.45, 2.75) is 57.5 Å². The summed E-state index contributed by atoms with van der Waals surface area (Å²) in [6.45, 7) is 0.280. The van der Waals surface area contributed by atoms with E-state index in [-0.39, 0.29) is 43.5 Å².